The van der Waals surface area contributed by atoms with Crippen LogP contribution in [0.3, 0.4) is 0 Å². The smallest absolute Gasteiger partial charge is 0.349 e. The number of thiazole rings is 1. The number of fused-ring (bicyclic) bond motifs is 4. The molecule has 0 aliphatic heterocycles. The van der Waals surface area contributed by atoms with Gasteiger partial charge >= 0.3 is 5.63 Å². The summed E-state index contributed by atoms with van der Waals surface area (Å²) in [7, 11) is 0. The number of carbonyl (C=O) groups excluding carboxylic acids is 1. The molecule has 0 spiro atoms. The molecule has 3 aromatic carbocycles. The lowest BCUT2D eigenvalue weighted by atomic mass is 10.0. The summed E-state index contributed by atoms with van der Waals surface area (Å²) in [6.45, 7) is 4.22. The number of anilines is 1. The van der Waals surface area contributed by atoms with Gasteiger partial charge in [-0.05, 0) is 66.1 Å². The molecule has 0 saturated carbocycles. The van der Waals surface area contributed by atoms with E-state index in [-0.39, 0.29) is 12.1 Å². The monoisotopic (exact) mass is 491 g/mol. The van der Waals surface area contributed by atoms with Crippen LogP contribution in [0.5, 0.6) is 0 Å². The number of aromatic nitrogens is 2. The van der Waals surface area contributed by atoms with Crippen LogP contribution in [0.4, 0.5) is 5.13 Å². The third kappa shape index (κ3) is 3.83. The average molecular weight is 492 g/mol. The van der Waals surface area contributed by atoms with Gasteiger partial charge in [0.25, 0.3) is 5.91 Å². The molecule has 7 heteroatoms. The second kappa shape index (κ2) is 8.70. The van der Waals surface area contributed by atoms with Gasteiger partial charge in [-0.25, -0.2) is 9.78 Å². The second-order valence-electron chi connectivity index (χ2n) is 8.78. The van der Waals surface area contributed by atoms with Gasteiger partial charge in [0.15, 0.2) is 5.13 Å². The van der Waals surface area contributed by atoms with Gasteiger partial charge in [0, 0.05) is 11.6 Å². The number of nitrogens with zero attached hydrogens (tertiary/aromatic N) is 3. The van der Waals surface area contributed by atoms with Crippen molar-refractivity contribution < 1.29 is 9.21 Å². The summed E-state index contributed by atoms with van der Waals surface area (Å²) in [6, 6.07) is 22.8. The molecule has 0 aliphatic rings. The first kappa shape index (κ1) is 22.1. The Morgan fingerprint density at radius 2 is 1.81 bits per heavy atom. The Morgan fingerprint density at radius 1 is 0.972 bits per heavy atom. The molecule has 36 heavy (non-hydrogen) atoms. The molecule has 3 heterocycles. The molecule has 176 valence electrons. The van der Waals surface area contributed by atoms with Crippen molar-refractivity contribution in [2.45, 2.75) is 20.4 Å². The number of benzene rings is 3. The summed E-state index contributed by atoms with van der Waals surface area (Å²) in [5, 5.41) is 3.13. The van der Waals surface area contributed by atoms with Crippen LogP contribution in [0.15, 0.2) is 88.2 Å². The number of carbonyl (C=O) groups is 1. The van der Waals surface area contributed by atoms with Crippen LogP contribution in [0.2, 0.25) is 0 Å². The van der Waals surface area contributed by atoms with Gasteiger partial charge in [-0.1, -0.05) is 53.8 Å². The third-order valence-corrected chi connectivity index (χ3v) is 7.43. The summed E-state index contributed by atoms with van der Waals surface area (Å²) in [6.07, 6.45) is 1.68. The zero-order valence-corrected chi connectivity index (χ0v) is 20.5. The van der Waals surface area contributed by atoms with Crippen LogP contribution in [-0.2, 0) is 6.54 Å². The number of hydrogen-bond donors (Lipinski definition) is 0. The van der Waals surface area contributed by atoms with E-state index in [1.165, 1.54) is 16.2 Å². The van der Waals surface area contributed by atoms with E-state index in [1.807, 2.05) is 68.4 Å². The third-order valence-electron chi connectivity index (χ3n) is 6.20. The van der Waals surface area contributed by atoms with E-state index in [4.69, 9.17) is 9.40 Å². The van der Waals surface area contributed by atoms with Crippen molar-refractivity contribution in [1.82, 2.24) is 9.97 Å². The molecule has 0 saturated heterocycles. The van der Waals surface area contributed by atoms with Gasteiger partial charge in [0.05, 0.1) is 22.5 Å². The van der Waals surface area contributed by atoms with Crippen LogP contribution in [0.25, 0.3) is 32.0 Å². The highest BCUT2D eigenvalue weighted by atomic mass is 32.1. The van der Waals surface area contributed by atoms with Gasteiger partial charge in [0.1, 0.15) is 11.1 Å². The topological polar surface area (TPSA) is 76.3 Å². The van der Waals surface area contributed by atoms with Gasteiger partial charge in [0.2, 0.25) is 0 Å². The molecular formula is C29H21N3O3S. The fourth-order valence-electron chi connectivity index (χ4n) is 4.53. The minimum absolute atomic E-state index is 0.0399. The lowest BCUT2D eigenvalue weighted by molar-refractivity contribution is 0.0981. The largest absolute Gasteiger partial charge is 0.422 e. The first-order valence-corrected chi connectivity index (χ1v) is 12.3. The molecule has 0 fully saturated rings. The van der Waals surface area contributed by atoms with Gasteiger partial charge in [-0.2, -0.15) is 0 Å². The van der Waals surface area contributed by atoms with Crippen LogP contribution in [-0.4, -0.2) is 15.9 Å². The average Bonchev–Trinajstić information content (AvgIpc) is 3.31. The highest BCUT2D eigenvalue weighted by Crippen LogP contribution is 2.34. The summed E-state index contributed by atoms with van der Waals surface area (Å²) in [5.41, 5.74) is 3.43. The maximum absolute atomic E-state index is 14.0. The first-order valence-electron chi connectivity index (χ1n) is 11.5. The molecule has 6 nitrogen and oxygen atoms in total. The van der Waals surface area contributed by atoms with Crippen LogP contribution < -0.4 is 10.5 Å². The highest BCUT2D eigenvalue weighted by Gasteiger charge is 2.26. The van der Waals surface area contributed by atoms with Gasteiger partial charge in [-0.3, -0.25) is 14.7 Å². The molecule has 0 bridgehead atoms. The Balaban J connectivity index is 1.53. The molecule has 0 unspecified atom stereocenters. The Hall–Kier alpha value is -4.36. The maximum Gasteiger partial charge on any atom is 0.349 e. The molecular weight excluding hydrogens is 470 g/mol. The number of amides is 1. The van der Waals surface area contributed by atoms with Crippen molar-refractivity contribution in [2.24, 2.45) is 0 Å². The normalized spacial score (nSPS) is 11.4. The minimum Gasteiger partial charge on any atom is -0.422 e. The minimum atomic E-state index is -0.679. The van der Waals surface area contributed by atoms with Gasteiger partial charge < -0.3 is 4.42 Å². The quantitative estimate of drug-likeness (QED) is 0.210. The SMILES string of the molecule is Cc1cc(C)c2sc(N(Cc3ccccn3)C(=O)c3cc4c(ccc5ccccc54)oc3=O)nc2c1. The fourth-order valence-corrected chi connectivity index (χ4v) is 5.54. The zero-order chi connectivity index (χ0) is 24.8. The fraction of sp³-hybridized carbons (Fsp3) is 0.103. The summed E-state index contributed by atoms with van der Waals surface area (Å²) < 4.78 is 6.62. The number of rotatable bonds is 4. The van der Waals surface area contributed by atoms with Crippen molar-refractivity contribution in [3.05, 3.63) is 112 Å². The van der Waals surface area contributed by atoms with Crippen LogP contribution in [0, 0.1) is 13.8 Å². The molecule has 0 N–H and O–H groups in total. The second-order valence-corrected chi connectivity index (χ2v) is 9.76. The summed E-state index contributed by atoms with van der Waals surface area (Å²) >= 11 is 1.43. The molecule has 0 radical (unpaired) electrons. The Morgan fingerprint density at radius 3 is 2.64 bits per heavy atom. The molecule has 0 atom stereocenters. The first-order chi connectivity index (χ1) is 17.5. The molecule has 0 aliphatic carbocycles. The Bertz CT molecular complexity index is 1840. The van der Waals surface area contributed by atoms with Crippen LogP contribution in [0.1, 0.15) is 27.2 Å². The van der Waals surface area contributed by atoms with Crippen LogP contribution >= 0.6 is 11.3 Å². The van der Waals surface area contributed by atoms with Crippen molar-refractivity contribution in [3.8, 4) is 0 Å². The van der Waals surface area contributed by atoms with E-state index < -0.39 is 11.5 Å². The molecule has 3 aromatic heterocycles. The Kier molecular flexibility index (Phi) is 5.34. The van der Waals surface area contributed by atoms with Crippen molar-refractivity contribution in [2.75, 3.05) is 4.90 Å². The number of hydrogen-bond acceptors (Lipinski definition) is 6. The highest BCUT2D eigenvalue weighted by molar-refractivity contribution is 7.22. The zero-order valence-electron chi connectivity index (χ0n) is 19.7. The van der Waals surface area contributed by atoms with Crippen molar-refractivity contribution in [1.29, 1.82) is 0 Å². The lowest BCUT2D eigenvalue weighted by Crippen LogP contribution is -2.34. The number of aryl methyl sites for hydroxylation is 2. The van der Waals surface area contributed by atoms with Crippen molar-refractivity contribution in [3.63, 3.8) is 0 Å². The maximum atomic E-state index is 14.0. The van der Waals surface area contributed by atoms with E-state index in [0.717, 1.165) is 32.1 Å². The van der Waals surface area contributed by atoms with E-state index in [2.05, 4.69) is 11.1 Å². The van der Waals surface area contributed by atoms with E-state index in [1.54, 1.807) is 18.3 Å². The van der Waals surface area contributed by atoms with Crippen molar-refractivity contribution >= 4 is 54.3 Å². The predicted molar refractivity (Wildman–Crippen MR) is 144 cm³/mol. The molecule has 6 rings (SSSR count). The van der Waals surface area contributed by atoms with E-state index >= 15 is 0 Å². The van der Waals surface area contributed by atoms with Gasteiger partial charge in [-0.15, -0.1) is 0 Å². The Labute approximate surface area is 210 Å². The summed E-state index contributed by atoms with van der Waals surface area (Å²) in [4.78, 5) is 37.7. The molecule has 6 aromatic rings. The summed E-state index contributed by atoms with van der Waals surface area (Å²) in [5.74, 6) is -0.474. The number of pyridine rings is 1. The molecule has 1 amide bonds. The standard InChI is InChI=1S/C29H21N3O3S/c1-17-13-18(2)26-24(14-17)31-29(36-26)32(16-20-8-5-6-12-30-20)27(33)23-15-22-21-9-4-3-7-19(21)10-11-25(22)35-28(23)34/h3-15H,16H2,1-2H3. The predicted octanol–water partition coefficient (Wildman–Crippen LogP) is 6.41. The lowest BCUT2D eigenvalue weighted by Gasteiger charge is -2.19. The van der Waals surface area contributed by atoms with E-state index in [0.29, 0.717) is 21.8 Å². The van der Waals surface area contributed by atoms with E-state index in [9.17, 15) is 9.59 Å².